The van der Waals surface area contributed by atoms with Crippen molar-refractivity contribution in [2.75, 3.05) is 43.1 Å². The zero-order chi connectivity index (χ0) is 23.4. The molecule has 194 valence electrons. The third-order valence-electron chi connectivity index (χ3n) is 6.52. The standard InChI is InChI=1S/C29H61NS2/c1-4-6-8-10-12-14-16-18-20-22-26-31-28-24-30(3)25-29-32-27-23-21-19-17-15-13-11-9-7-5-2/h4-29H2,1-3H3. The number of thioether (sulfide) groups is 2. The van der Waals surface area contributed by atoms with E-state index in [2.05, 4.69) is 49.3 Å². The summed E-state index contributed by atoms with van der Waals surface area (Å²) in [5, 5.41) is 0. The molecule has 0 rings (SSSR count). The van der Waals surface area contributed by atoms with Crippen LogP contribution in [-0.2, 0) is 0 Å². The molecule has 0 N–H and O–H groups in total. The highest BCUT2D eigenvalue weighted by Gasteiger charge is 2.00. The summed E-state index contributed by atoms with van der Waals surface area (Å²) in [6.45, 7) is 7.13. The van der Waals surface area contributed by atoms with E-state index >= 15 is 0 Å². The van der Waals surface area contributed by atoms with E-state index in [1.807, 2.05) is 0 Å². The van der Waals surface area contributed by atoms with Gasteiger partial charge in [-0.05, 0) is 31.4 Å². The van der Waals surface area contributed by atoms with Crippen LogP contribution in [-0.4, -0.2) is 48.0 Å². The van der Waals surface area contributed by atoms with Crippen molar-refractivity contribution >= 4 is 23.5 Å². The quantitative estimate of drug-likeness (QED) is 0.101. The predicted molar refractivity (Wildman–Crippen MR) is 156 cm³/mol. The molecule has 0 unspecified atom stereocenters. The third-order valence-corrected chi connectivity index (χ3v) is 8.62. The average molecular weight is 488 g/mol. The van der Waals surface area contributed by atoms with Crippen LogP contribution in [0.25, 0.3) is 0 Å². The minimum Gasteiger partial charge on any atom is -0.305 e. The van der Waals surface area contributed by atoms with Crippen LogP contribution in [0.1, 0.15) is 142 Å². The molecule has 0 aliphatic heterocycles. The van der Waals surface area contributed by atoms with Gasteiger partial charge in [0.05, 0.1) is 0 Å². The molecule has 0 aliphatic carbocycles. The van der Waals surface area contributed by atoms with Crippen molar-refractivity contribution in [2.45, 2.75) is 142 Å². The summed E-state index contributed by atoms with van der Waals surface area (Å²) in [6.07, 6.45) is 29.0. The van der Waals surface area contributed by atoms with E-state index in [0.717, 1.165) is 0 Å². The lowest BCUT2D eigenvalue weighted by Gasteiger charge is -2.16. The first-order valence-corrected chi connectivity index (χ1v) is 17.0. The highest BCUT2D eigenvalue weighted by Crippen LogP contribution is 2.14. The van der Waals surface area contributed by atoms with Gasteiger partial charge in [-0.3, -0.25) is 0 Å². The Morgan fingerprint density at radius 1 is 0.375 bits per heavy atom. The molecule has 0 spiro atoms. The molecule has 0 aromatic heterocycles. The number of nitrogens with zero attached hydrogens (tertiary/aromatic N) is 1. The van der Waals surface area contributed by atoms with Gasteiger partial charge in [-0.2, -0.15) is 23.5 Å². The van der Waals surface area contributed by atoms with E-state index in [-0.39, 0.29) is 0 Å². The van der Waals surface area contributed by atoms with Crippen molar-refractivity contribution in [3.8, 4) is 0 Å². The van der Waals surface area contributed by atoms with Gasteiger partial charge in [0.1, 0.15) is 0 Å². The van der Waals surface area contributed by atoms with Crippen molar-refractivity contribution in [1.82, 2.24) is 4.90 Å². The first kappa shape index (κ1) is 32.7. The van der Waals surface area contributed by atoms with Gasteiger partial charge in [-0.15, -0.1) is 0 Å². The fourth-order valence-electron chi connectivity index (χ4n) is 4.14. The van der Waals surface area contributed by atoms with E-state index < -0.39 is 0 Å². The fraction of sp³-hybridized carbons (Fsp3) is 1.00. The molecule has 0 atom stereocenters. The maximum Gasteiger partial charge on any atom is 0.00696 e. The summed E-state index contributed by atoms with van der Waals surface area (Å²) in [4.78, 5) is 2.54. The first-order valence-electron chi connectivity index (χ1n) is 14.6. The second-order valence-electron chi connectivity index (χ2n) is 9.89. The summed E-state index contributed by atoms with van der Waals surface area (Å²) in [7, 11) is 2.31. The predicted octanol–water partition coefficient (Wildman–Crippen LogP) is 10.2. The maximum absolute atomic E-state index is 2.54. The molecule has 1 nitrogen and oxygen atoms in total. The lowest BCUT2D eigenvalue weighted by Crippen LogP contribution is -2.24. The van der Waals surface area contributed by atoms with Gasteiger partial charge in [-0.25, -0.2) is 0 Å². The Hall–Kier alpha value is 0.660. The van der Waals surface area contributed by atoms with Crippen molar-refractivity contribution < 1.29 is 0 Å². The Kier molecular flexibility index (Phi) is 30.3. The third kappa shape index (κ3) is 28.7. The van der Waals surface area contributed by atoms with Crippen LogP contribution >= 0.6 is 23.5 Å². The Labute approximate surface area is 213 Å². The zero-order valence-electron chi connectivity index (χ0n) is 22.6. The van der Waals surface area contributed by atoms with Gasteiger partial charge < -0.3 is 4.90 Å². The summed E-state index contributed by atoms with van der Waals surface area (Å²) in [5.74, 6) is 5.38. The molecule has 0 aliphatic rings. The minimum atomic E-state index is 1.27. The smallest absolute Gasteiger partial charge is 0.00696 e. The van der Waals surface area contributed by atoms with E-state index in [0.29, 0.717) is 0 Å². The molecule has 0 aromatic carbocycles. The van der Waals surface area contributed by atoms with Gasteiger partial charge >= 0.3 is 0 Å². The van der Waals surface area contributed by atoms with E-state index in [4.69, 9.17) is 0 Å². The summed E-state index contributed by atoms with van der Waals surface area (Å²) >= 11 is 4.34. The topological polar surface area (TPSA) is 3.24 Å². The highest BCUT2D eigenvalue weighted by molar-refractivity contribution is 7.99. The van der Waals surface area contributed by atoms with E-state index in [1.54, 1.807) is 0 Å². The van der Waals surface area contributed by atoms with Crippen molar-refractivity contribution in [3.63, 3.8) is 0 Å². The lowest BCUT2D eigenvalue weighted by atomic mass is 10.1. The van der Waals surface area contributed by atoms with Gasteiger partial charge in [0.25, 0.3) is 0 Å². The Balaban J connectivity index is 3.13. The number of rotatable bonds is 28. The number of hydrogen-bond acceptors (Lipinski definition) is 3. The first-order chi connectivity index (χ1) is 15.8. The van der Waals surface area contributed by atoms with Crippen LogP contribution in [0, 0.1) is 0 Å². The summed E-state index contributed by atoms with van der Waals surface area (Å²) < 4.78 is 0. The molecular formula is C29H61NS2. The van der Waals surface area contributed by atoms with Gasteiger partial charge in [-0.1, -0.05) is 129 Å². The monoisotopic (exact) mass is 487 g/mol. The van der Waals surface area contributed by atoms with E-state index in [1.165, 1.54) is 165 Å². The minimum absolute atomic E-state index is 1.27. The molecule has 0 aromatic rings. The van der Waals surface area contributed by atoms with E-state index in [9.17, 15) is 0 Å². The molecule has 0 bridgehead atoms. The Morgan fingerprint density at radius 3 is 0.969 bits per heavy atom. The van der Waals surface area contributed by atoms with Gasteiger partial charge in [0, 0.05) is 24.6 Å². The Bertz CT molecular complexity index is 294. The van der Waals surface area contributed by atoms with Crippen molar-refractivity contribution in [2.24, 2.45) is 0 Å². The summed E-state index contributed by atoms with van der Waals surface area (Å²) in [5.41, 5.74) is 0. The molecule has 0 heterocycles. The molecule has 0 saturated carbocycles. The normalized spacial score (nSPS) is 11.6. The van der Waals surface area contributed by atoms with Crippen LogP contribution in [0.5, 0.6) is 0 Å². The summed E-state index contributed by atoms with van der Waals surface area (Å²) in [6, 6.07) is 0. The molecule has 0 fully saturated rings. The second-order valence-corrected chi connectivity index (χ2v) is 12.3. The van der Waals surface area contributed by atoms with Crippen LogP contribution in [0.15, 0.2) is 0 Å². The highest BCUT2D eigenvalue weighted by atomic mass is 32.2. The van der Waals surface area contributed by atoms with Gasteiger partial charge in [0.15, 0.2) is 0 Å². The lowest BCUT2D eigenvalue weighted by molar-refractivity contribution is 0.380. The molecule has 0 amide bonds. The van der Waals surface area contributed by atoms with Crippen molar-refractivity contribution in [1.29, 1.82) is 0 Å². The van der Waals surface area contributed by atoms with Crippen LogP contribution in [0.2, 0.25) is 0 Å². The van der Waals surface area contributed by atoms with Crippen LogP contribution < -0.4 is 0 Å². The Morgan fingerprint density at radius 2 is 0.656 bits per heavy atom. The zero-order valence-corrected chi connectivity index (χ0v) is 24.3. The maximum atomic E-state index is 2.54. The van der Waals surface area contributed by atoms with Crippen molar-refractivity contribution in [3.05, 3.63) is 0 Å². The second kappa shape index (κ2) is 29.7. The largest absolute Gasteiger partial charge is 0.305 e. The molecular weight excluding hydrogens is 426 g/mol. The average Bonchev–Trinajstić information content (AvgIpc) is 2.80. The number of unbranched alkanes of at least 4 members (excludes halogenated alkanes) is 18. The van der Waals surface area contributed by atoms with Crippen LogP contribution in [0.4, 0.5) is 0 Å². The van der Waals surface area contributed by atoms with Crippen LogP contribution in [0.3, 0.4) is 0 Å². The molecule has 32 heavy (non-hydrogen) atoms. The molecule has 3 heteroatoms. The molecule has 0 radical (unpaired) electrons. The SMILES string of the molecule is CCCCCCCCCCCCSCCN(C)CCSCCCCCCCCCCCC. The number of hydrogen-bond donors (Lipinski definition) is 0. The van der Waals surface area contributed by atoms with Gasteiger partial charge in [0.2, 0.25) is 0 Å². The fourth-order valence-corrected chi connectivity index (χ4v) is 6.25. The molecule has 0 saturated heterocycles.